The van der Waals surface area contributed by atoms with Crippen LogP contribution in [0.3, 0.4) is 0 Å². The van der Waals surface area contributed by atoms with E-state index in [1.54, 1.807) is 0 Å². The Balaban J connectivity index is 2.32. The van der Waals surface area contributed by atoms with Gasteiger partial charge in [-0.1, -0.05) is 31.9 Å². The van der Waals surface area contributed by atoms with Crippen LogP contribution in [0.5, 0.6) is 0 Å². The fraction of sp³-hybridized carbons (Fsp3) is 0.500. The van der Waals surface area contributed by atoms with Crippen molar-refractivity contribution < 1.29 is 9.59 Å². The molecule has 1 saturated carbocycles. The number of halogens is 2. The van der Waals surface area contributed by atoms with Crippen molar-refractivity contribution in [1.82, 2.24) is 0 Å². The molecule has 2 rings (SSSR count). The van der Waals surface area contributed by atoms with E-state index >= 15 is 0 Å². The Morgan fingerprint density at radius 1 is 0.917 bits per heavy atom. The smallest absolute Gasteiger partial charge is 0.160 e. The summed E-state index contributed by atoms with van der Waals surface area (Å²) in [4.78, 5) is 22.8. The predicted molar refractivity (Wildman–Crippen MR) is 51.6 cm³/mol. The van der Waals surface area contributed by atoms with E-state index in [0.717, 1.165) is 0 Å². The first-order valence-corrected chi connectivity index (χ1v) is 5.50. The van der Waals surface area contributed by atoms with E-state index in [9.17, 15) is 9.59 Å². The summed E-state index contributed by atoms with van der Waals surface area (Å²) in [6.07, 6.45) is 2.77. The summed E-state index contributed by atoms with van der Waals surface area (Å²) in [5.41, 5.74) is 0. The standard InChI is InChI=1S/C8H6Br2O2/c9-7-5-3(11)1-2-4(12)6(5)8(7)10/h1-2,5-8H/t5-,6+,7-,8-/m0/s1. The minimum atomic E-state index is -0.133. The molecule has 0 amide bonds. The second-order valence-corrected chi connectivity index (χ2v) is 5.19. The highest BCUT2D eigenvalue weighted by atomic mass is 79.9. The first kappa shape index (κ1) is 8.63. The number of carbonyl (C=O) groups excluding carboxylic acids is 2. The van der Waals surface area contributed by atoms with Gasteiger partial charge in [0.1, 0.15) is 0 Å². The molecule has 2 aliphatic rings. The summed E-state index contributed by atoms with van der Waals surface area (Å²) in [6, 6.07) is 0. The van der Waals surface area contributed by atoms with Crippen molar-refractivity contribution in [3.05, 3.63) is 12.2 Å². The first-order valence-electron chi connectivity index (χ1n) is 3.67. The van der Waals surface area contributed by atoms with Gasteiger partial charge in [-0.25, -0.2) is 0 Å². The van der Waals surface area contributed by atoms with Gasteiger partial charge in [-0.05, 0) is 12.2 Å². The fourth-order valence-electron chi connectivity index (χ4n) is 1.70. The number of allylic oxidation sites excluding steroid dienone is 2. The third-order valence-electron chi connectivity index (χ3n) is 2.45. The maximum Gasteiger partial charge on any atom is 0.160 e. The van der Waals surface area contributed by atoms with Crippen LogP contribution < -0.4 is 0 Å². The molecule has 2 nitrogen and oxygen atoms in total. The molecular weight excluding hydrogens is 288 g/mol. The summed E-state index contributed by atoms with van der Waals surface area (Å²) < 4.78 is 0. The van der Waals surface area contributed by atoms with Crippen molar-refractivity contribution in [3.8, 4) is 0 Å². The lowest BCUT2D eigenvalue weighted by Crippen LogP contribution is -2.57. The van der Waals surface area contributed by atoms with Gasteiger partial charge in [-0.15, -0.1) is 0 Å². The lowest BCUT2D eigenvalue weighted by molar-refractivity contribution is -0.132. The Labute approximate surface area is 86.7 Å². The van der Waals surface area contributed by atoms with E-state index in [0.29, 0.717) is 0 Å². The number of carbonyl (C=O) groups is 2. The molecule has 4 heteroatoms. The summed E-state index contributed by atoms with van der Waals surface area (Å²) in [5, 5.41) is 0. The minimum absolute atomic E-state index is 0.0668. The van der Waals surface area contributed by atoms with Gasteiger partial charge in [0.15, 0.2) is 11.6 Å². The Morgan fingerprint density at radius 3 is 1.58 bits per heavy atom. The molecule has 2 aliphatic carbocycles. The van der Waals surface area contributed by atoms with Gasteiger partial charge in [0.05, 0.1) is 0 Å². The molecule has 64 valence electrons. The van der Waals surface area contributed by atoms with Gasteiger partial charge in [-0.2, -0.15) is 0 Å². The molecule has 0 N–H and O–H groups in total. The molecule has 0 spiro atoms. The number of fused-ring (bicyclic) bond motifs is 1. The van der Waals surface area contributed by atoms with Gasteiger partial charge < -0.3 is 0 Å². The van der Waals surface area contributed by atoms with Crippen molar-refractivity contribution in [2.24, 2.45) is 11.8 Å². The molecule has 1 fully saturated rings. The second-order valence-electron chi connectivity index (χ2n) is 3.08. The van der Waals surface area contributed by atoms with Crippen LogP contribution in [-0.4, -0.2) is 21.2 Å². The largest absolute Gasteiger partial charge is 0.294 e. The third-order valence-corrected chi connectivity index (χ3v) is 5.43. The molecular formula is C8H6Br2O2. The van der Waals surface area contributed by atoms with Crippen LogP contribution in [0, 0.1) is 11.8 Å². The summed E-state index contributed by atoms with van der Waals surface area (Å²) in [5.74, 6) is -0.131. The molecule has 0 aromatic heterocycles. The Hall–Kier alpha value is 0.0400. The van der Waals surface area contributed by atoms with Gasteiger partial charge in [0.25, 0.3) is 0 Å². The van der Waals surface area contributed by atoms with Crippen LogP contribution in [0.15, 0.2) is 12.2 Å². The van der Waals surface area contributed by atoms with Crippen molar-refractivity contribution in [3.63, 3.8) is 0 Å². The molecule has 12 heavy (non-hydrogen) atoms. The normalized spacial score (nSPS) is 45.5. The number of hydrogen-bond acceptors (Lipinski definition) is 2. The quantitative estimate of drug-likeness (QED) is 0.634. The predicted octanol–water partition coefficient (Wildman–Crippen LogP) is 1.47. The van der Waals surface area contributed by atoms with Crippen molar-refractivity contribution >= 4 is 43.4 Å². The topological polar surface area (TPSA) is 34.1 Å². The van der Waals surface area contributed by atoms with E-state index in [-0.39, 0.29) is 33.1 Å². The van der Waals surface area contributed by atoms with Crippen LogP contribution in [0.4, 0.5) is 0 Å². The lowest BCUT2D eigenvalue weighted by atomic mass is 9.66. The van der Waals surface area contributed by atoms with Crippen LogP contribution in [-0.2, 0) is 9.59 Å². The highest BCUT2D eigenvalue weighted by molar-refractivity contribution is 9.12. The number of hydrogen-bond donors (Lipinski definition) is 0. The zero-order valence-corrected chi connectivity index (χ0v) is 9.21. The molecule has 4 atom stereocenters. The average molecular weight is 294 g/mol. The molecule has 0 heterocycles. The van der Waals surface area contributed by atoms with Crippen molar-refractivity contribution in [2.75, 3.05) is 0 Å². The van der Waals surface area contributed by atoms with E-state index in [1.165, 1.54) is 12.2 Å². The zero-order valence-electron chi connectivity index (χ0n) is 6.04. The van der Waals surface area contributed by atoms with Crippen molar-refractivity contribution in [2.45, 2.75) is 9.65 Å². The first-order chi connectivity index (χ1) is 5.63. The van der Waals surface area contributed by atoms with Crippen LogP contribution in [0.2, 0.25) is 0 Å². The SMILES string of the molecule is O=C1C=CC(=O)[C@H]2[C@H](Br)[C@@H](Br)[C@@H]12. The zero-order chi connectivity index (χ0) is 8.88. The monoisotopic (exact) mass is 292 g/mol. The molecule has 0 saturated heterocycles. The third kappa shape index (κ3) is 0.973. The average Bonchev–Trinajstić information content (AvgIpc) is 2.07. The van der Waals surface area contributed by atoms with E-state index in [4.69, 9.17) is 0 Å². The highest BCUT2D eigenvalue weighted by Gasteiger charge is 2.55. The molecule has 0 unspecified atom stereocenters. The Morgan fingerprint density at radius 2 is 1.25 bits per heavy atom. The fourth-order valence-corrected chi connectivity index (χ4v) is 3.54. The molecule has 0 aromatic rings. The maximum absolute atomic E-state index is 11.3. The van der Waals surface area contributed by atoms with Gasteiger partial charge in [0, 0.05) is 21.5 Å². The Bertz CT molecular complexity index is 257. The maximum atomic E-state index is 11.3. The summed E-state index contributed by atoms with van der Waals surface area (Å²) >= 11 is 6.76. The highest BCUT2D eigenvalue weighted by Crippen LogP contribution is 2.47. The second kappa shape index (κ2) is 2.77. The van der Waals surface area contributed by atoms with Crippen LogP contribution in [0.25, 0.3) is 0 Å². The minimum Gasteiger partial charge on any atom is -0.294 e. The van der Waals surface area contributed by atoms with Crippen molar-refractivity contribution in [1.29, 1.82) is 0 Å². The van der Waals surface area contributed by atoms with E-state index in [1.807, 2.05) is 0 Å². The summed E-state index contributed by atoms with van der Waals surface area (Å²) in [7, 11) is 0. The summed E-state index contributed by atoms with van der Waals surface area (Å²) in [6.45, 7) is 0. The van der Waals surface area contributed by atoms with Gasteiger partial charge in [-0.3, -0.25) is 9.59 Å². The van der Waals surface area contributed by atoms with Gasteiger partial charge in [0.2, 0.25) is 0 Å². The molecule has 0 aliphatic heterocycles. The van der Waals surface area contributed by atoms with Crippen LogP contribution >= 0.6 is 31.9 Å². The van der Waals surface area contributed by atoms with Crippen LogP contribution in [0.1, 0.15) is 0 Å². The van der Waals surface area contributed by atoms with Gasteiger partial charge >= 0.3 is 0 Å². The number of rotatable bonds is 0. The van der Waals surface area contributed by atoms with E-state index in [2.05, 4.69) is 31.9 Å². The number of alkyl halides is 2. The Kier molecular flexibility index (Phi) is 1.99. The lowest BCUT2D eigenvalue weighted by Gasteiger charge is -2.45. The number of ketones is 2. The van der Waals surface area contributed by atoms with E-state index < -0.39 is 0 Å². The molecule has 0 bridgehead atoms. The molecule has 0 aromatic carbocycles. The molecule has 0 radical (unpaired) electrons.